The van der Waals surface area contributed by atoms with Gasteiger partial charge in [-0.15, -0.1) is 0 Å². The molecule has 1 fully saturated rings. The van der Waals surface area contributed by atoms with Gasteiger partial charge in [0.2, 0.25) is 5.76 Å². The van der Waals surface area contributed by atoms with Gasteiger partial charge in [0.25, 0.3) is 9.05 Å². The third-order valence-corrected chi connectivity index (χ3v) is 5.35. The van der Waals surface area contributed by atoms with Crippen LogP contribution in [0.15, 0.2) is 15.4 Å². The van der Waals surface area contributed by atoms with Crippen molar-refractivity contribution in [2.45, 2.75) is 57.0 Å². The van der Waals surface area contributed by atoms with Crippen LogP contribution in [-0.4, -0.2) is 20.5 Å². The van der Waals surface area contributed by atoms with Crippen LogP contribution < -0.4 is 0 Å². The molecule has 1 heterocycles. The highest BCUT2D eigenvalue weighted by Crippen LogP contribution is 2.30. The quantitative estimate of drug-likeness (QED) is 0.620. The highest BCUT2D eigenvalue weighted by Gasteiger charge is 2.27. The number of carbonyl (C=O) groups excluding carboxylic acids is 1. The highest BCUT2D eigenvalue weighted by molar-refractivity contribution is 8.13. The van der Waals surface area contributed by atoms with E-state index < -0.39 is 15.0 Å². The standard InChI is InChI=1S/C14H19ClO5S/c1-3-10-5-4-6-11(7-10)20-14(16)12-8-13(9(2)19-12)21(15,17)18/h8,10-11H,3-7H2,1-2H3. The number of hydrogen-bond donors (Lipinski definition) is 0. The maximum atomic E-state index is 12.0. The summed E-state index contributed by atoms with van der Waals surface area (Å²) >= 11 is 0. The summed E-state index contributed by atoms with van der Waals surface area (Å²) in [4.78, 5) is 11.9. The van der Waals surface area contributed by atoms with Crippen molar-refractivity contribution in [2.75, 3.05) is 0 Å². The van der Waals surface area contributed by atoms with E-state index in [2.05, 4.69) is 6.92 Å². The van der Waals surface area contributed by atoms with Crippen molar-refractivity contribution in [3.8, 4) is 0 Å². The van der Waals surface area contributed by atoms with Gasteiger partial charge in [0.15, 0.2) is 0 Å². The molecule has 2 rings (SSSR count). The van der Waals surface area contributed by atoms with Crippen molar-refractivity contribution >= 4 is 25.7 Å². The Balaban J connectivity index is 2.07. The predicted molar refractivity (Wildman–Crippen MR) is 77.9 cm³/mol. The van der Waals surface area contributed by atoms with Crippen molar-refractivity contribution in [2.24, 2.45) is 5.92 Å². The van der Waals surface area contributed by atoms with E-state index in [9.17, 15) is 13.2 Å². The molecule has 7 heteroatoms. The Labute approximate surface area is 129 Å². The van der Waals surface area contributed by atoms with Crippen LogP contribution >= 0.6 is 10.7 Å². The molecule has 0 aliphatic heterocycles. The second kappa shape index (κ2) is 6.40. The molecule has 2 unspecified atom stereocenters. The van der Waals surface area contributed by atoms with Gasteiger partial charge in [0.05, 0.1) is 0 Å². The molecule has 21 heavy (non-hydrogen) atoms. The maximum Gasteiger partial charge on any atom is 0.374 e. The van der Waals surface area contributed by atoms with Crippen molar-refractivity contribution < 1.29 is 22.4 Å². The Morgan fingerprint density at radius 3 is 2.76 bits per heavy atom. The second-order valence-electron chi connectivity index (χ2n) is 5.44. The van der Waals surface area contributed by atoms with Crippen LogP contribution in [0.5, 0.6) is 0 Å². The molecule has 1 aliphatic rings. The third-order valence-electron chi connectivity index (χ3n) is 3.92. The van der Waals surface area contributed by atoms with Crippen LogP contribution in [0.1, 0.15) is 55.3 Å². The first kappa shape index (κ1) is 16.4. The fraction of sp³-hybridized carbons (Fsp3) is 0.643. The molecule has 1 aromatic heterocycles. The Bertz CT molecular complexity index is 619. The maximum absolute atomic E-state index is 12.0. The molecular weight excluding hydrogens is 316 g/mol. The number of carbonyl (C=O) groups is 1. The zero-order valence-corrected chi connectivity index (χ0v) is 13.7. The first-order valence-electron chi connectivity index (χ1n) is 7.07. The summed E-state index contributed by atoms with van der Waals surface area (Å²) in [6.07, 6.45) is 4.83. The number of esters is 1. The molecule has 0 aromatic carbocycles. The van der Waals surface area contributed by atoms with Gasteiger partial charge in [0, 0.05) is 16.7 Å². The number of aryl methyl sites for hydroxylation is 1. The van der Waals surface area contributed by atoms with Gasteiger partial charge >= 0.3 is 5.97 Å². The first-order chi connectivity index (χ1) is 9.81. The average Bonchev–Trinajstić information content (AvgIpc) is 2.81. The van der Waals surface area contributed by atoms with E-state index in [-0.39, 0.29) is 22.5 Å². The van der Waals surface area contributed by atoms with Gasteiger partial charge in [-0.2, -0.15) is 0 Å². The minimum Gasteiger partial charge on any atom is -0.457 e. The van der Waals surface area contributed by atoms with E-state index in [4.69, 9.17) is 19.8 Å². The topological polar surface area (TPSA) is 73.6 Å². The summed E-state index contributed by atoms with van der Waals surface area (Å²) in [5, 5.41) is 0. The summed E-state index contributed by atoms with van der Waals surface area (Å²) in [7, 11) is 1.35. The summed E-state index contributed by atoms with van der Waals surface area (Å²) in [6.45, 7) is 3.57. The van der Waals surface area contributed by atoms with Crippen LogP contribution in [-0.2, 0) is 13.8 Å². The summed E-state index contributed by atoms with van der Waals surface area (Å²) in [5.41, 5.74) is 0. The zero-order valence-electron chi connectivity index (χ0n) is 12.1. The molecule has 0 saturated heterocycles. The lowest BCUT2D eigenvalue weighted by atomic mass is 9.85. The number of furan rings is 1. The Morgan fingerprint density at radius 1 is 1.48 bits per heavy atom. The minimum atomic E-state index is -3.92. The van der Waals surface area contributed by atoms with Gasteiger partial charge < -0.3 is 9.15 Å². The van der Waals surface area contributed by atoms with Crippen molar-refractivity contribution in [1.82, 2.24) is 0 Å². The molecule has 0 bridgehead atoms. The van der Waals surface area contributed by atoms with Crippen LogP contribution in [0.25, 0.3) is 0 Å². The molecule has 1 aromatic rings. The SMILES string of the molecule is CCC1CCCC(OC(=O)c2cc(S(=O)(=O)Cl)c(C)o2)C1. The normalized spacial score (nSPS) is 23.0. The van der Waals surface area contributed by atoms with E-state index in [1.54, 1.807) is 0 Å². The molecule has 5 nitrogen and oxygen atoms in total. The van der Waals surface area contributed by atoms with E-state index in [0.29, 0.717) is 5.92 Å². The molecule has 118 valence electrons. The van der Waals surface area contributed by atoms with E-state index >= 15 is 0 Å². The second-order valence-corrected chi connectivity index (χ2v) is 7.97. The van der Waals surface area contributed by atoms with Crippen LogP contribution in [0.2, 0.25) is 0 Å². The number of rotatable bonds is 4. The zero-order chi connectivity index (χ0) is 15.6. The summed E-state index contributed by atoms with van der Waals surface area (Å²) in [5.74, 6) is -0.0857. The lowest BCUT2D eigenvalue weighted by Gasteiger charge is -2.27. The van der Waals surface area contributed by atoms with Gasteiger partial charge in [-0.25, -0.2) is 13.2 Å². The van der Waals surface area contributed by atoms with Gasteiger partial charge in [0.1, 0.15) is 16.8 Å². The largest absolute Gasteiger partial charge is 0.457 e. The molecule has 0 N–H and O–H groups in total. The van der Waals surface area contributed by atoms with Gasteiger partial charge in [-0.3, -0.25) is 0 Å². The lowest BCUT2D eigenvalue weighted by Crippen LogP contribution is -2.25. The number of ether oxygens (including phenoxy) is 1. The first-order valence-corrected chi connectivity index (χ1v) is 9.38. The Kier molecular flexibility index (Phi) is 4.99. The Hall–Kier alpha value is -1.01. The Morgan fingerprint density at radius 2 is 2.19 bits per heavy atom. The average molecular weight is 335 g/mol. The van der Waals surface area contributed by atoms with Crippen molar-refractivity contribution in [3.05, 3.63) is 17.6 Å². The van der Waals surface area contributed by atoms with Crippen LogP contribution in [0.4, 0.5) is 0 Å². The van der Waals surface area contributed by atoms with Crippen LogP contribution in [0.3, 0.4) is 0 Å². The fourth-order valence-electron chi connectivity index (χ4n) is 2.74. The molecule has 1 aliphatic carbocycles. The lowest BCUT2D eigenvalue weighted by molar-refractivity contribution is 0.0106. The third kappa shape index (κ3) is 4.01. The number of hydrogen-bond acceptors (Lipinski definition) is 5. The van der Waals surface area contributed by atoms with Crippen molar-refractivity contribution in [1.29, 1.82) is 0 Å². The monoisotopic (exact) mass is 334 g/mol. The fourth-order valence-corrected chi connectivity index (χ4v) is 3.83. The van der Waals surface area contributed by atoms with Crippen molar-refractivity contribution in [3.63, 3.8) is 0 Å². The predicted octanol–water partition coefficient (Wildman–Crippen LogP) is 3.64. The highest BCUT2D eigenvalue weighted by atomic mass is 35.7. The van der Waals surface area contributed by atoms with Gasteiger partial charge in [-0.1, -0.05) is 19.8 Å². The van der Waals surface area contributed by atoms with E-state index in [1.807, 2.05) is 0 Å². The molecule has 0 radical (unpaired) electrons. The smallest absolute Gasteiger partial charge is 0.374 e. The summed E-state index contributed by atoms with van der Waals surface area (Å²) < 4.78 is 33.2. The minimum absolute atomic E-state index is 0.0898. The summed E-state index contributed by atoms with van der Waals surface area (Å²) in [6, 6.07) is 1.13. The molecule has 0 amide bonds. The van der Waals surface area contributed by atoms with E-state index in [0.717, 1.165) is 31.7 Å². The molecular formula is C14H19ClO5S. The molecule has 0 spiro atoms. The number of halogens is 1. The van der Waals surface area contributed by atoms with Gasteiger partial charge in [-0.05, 0) is 32.1 Å². The van der Waals surface area contributed by atoms with E-state index in [1.165, 1.54) is 13.3 Å². The molecule has 1 saturated carbocycles. The molecule has 2 atom stereocenters. The van der Waals surface area contributed by atoms with Crippen LogP contribution in [0, 0.1) is 12.8 Å².